The first-order valence-corrected chi connectivity index (χ1v) is 6.43. The lowest BCUT2D eigenvalue weighted by Crippen LogP contribution is -2.41. The quantitative estimate of drug-likeness (QED) is 0.736. The molecule has 0 spiro atoms. The van der Waals surface area contributed by atoms with E-state index in [1.54, 1.807) is 0 Å². The van der Waals surface area contributed by atoms with E-state index >= 15 is 0 Å². The Hall–Kier alpha value is -2.82. The number of ketones is 1. The van der Waals surface area contributed by atoms with Crippen molar-refractivity contribution >= 4 is 11.9 Å². The summed E-state index contributed by atoms with van der Waals surface area (Å²) in [4.78, 5) is 23.3. The number of hydrogen-bond donors (Lipinski definition) is 3. The lowest BCUT2D eigenvalue weighted by Gasteiger charge is -2.16. The van der Waals surface area contributed by atoms with Gasteiger partial charge in [-0.15, -0.1) is 0 Å². The van der Waals surface area contributed by atoms with Crippen molar-refractivity contribution in [2.45, 2.75) is 12.5 Å². The smallest absolute Gasteiger partial charge is 0.405 e. The van der Waals surface area contributed by atoms with Crippen LogP contribution in [0.3, 0.4) is 0 Å². The number of hydrogen-bond acceptors (Lipinski definition) is 3. The maximum atomic E-state index is 12.4. The molecule has 0 fully saturated rings. The summed E-state index contributed by atoms with van der Waals surface area (Å²) in [6, 6.07) is 14.1. The molecule has 0 aliphatic carbocycles. The summed E-state index contributed by atoms with van der Waals surface area (Å²) in [7, 11) is 0. The Kier molecular flexibility index (Phi) is 4.56. The monoisotopic (exact) mass is 285 g/mol. The van der Waals surface area contributed by atoms with Gasteiger partial charge in [-0.3, -0.25) is 4.79 Å². The molecule has 3 N–H and O–H groups in total. The van der Waals surface area contributed by atoms with Crippen LogP contribution in [0.2, 0.25) is 0 Å². The van der Waals surface area contributed by atoms with Crippen LogP contribution in [0.1, 0.15) is 15.9 Å². The highest BCUT2D eigenvalue weighted by Crippen LogP contribution is 2.13. The van der Waals surface area contributed by atoms with Crippen molar-refractivity contribution in [3.05, 3.63) is 65.7 Å². The van der Waals surface area contributed by atoms with Gasteiger partial charge in [0.25, 0.3) is 0 Å². The van der Waals surface area contributed by atoms with Crippen molar-refractivity contribution in [3.8, 4) is 5.75 Å². The predicted octanol–water partition coefficient (Wildman–Crippen LogP) is 2.45. The Bertz CT molecular complexity index is 622. The maximum absolute atomic E-state index is 12.4. The molecular weight excluding hydrogens is 270 g/mol. The highest BCUT2D eigenvalue weighted by molar-refractivity contribution is 6.01. The number of carbonyl (C=O) groups is 2. The van der Waals surface area contributed by atoms with Gasteiger partial charge in [0.2, 0.25) is 0 Å². The Balaban J connectivity index is 2.20. The van der Waals surface area contributed by atoms with Gasteiger partial charge in [0.15, 0.2) is 5.78 Å². The van der Waals surface area contributed by atoms with E-state index < -0.39 is 12.1 Å². The highest BCUT2D eigenvalue weighted by Gasteiger charge is 2.22. The van der Waals surface area contributed by atoms with Crippen LogP contribution in [0.5, 0.6) is 5.75 Å². The molecule has 0 aliphatic rings. The number of rotatable bonds is 5. The van der Waals surface area contributed by atoms with Gasteiger partial charge < -0.3 is 15.5 Å². The molecule has 0 heterocycles. The average molecular weight is 285 g/mol. The van der Waals surface area contributed by atoms with Crippen molar-refractivity contribution in [1.82, 2.24) is 5.32 Å². The summed E-state index contributed by atoms with van der Waals surface area (Å²) < 4.78 is 0. The van der Waals surface area contributed by atoms with Crippen LogP contribution in [0.4, 0.5) is 4.79 Å². The number of carboxylic acid groups (broad SMARTS) is 1. The minimum atomic E-state index is -1.25. The molecule has 1 amide bonds. The zero-order valence-corrected chi connectivity index (χ0v) is 11.2. The van der Waals surface area contributed by atoms with Crippen LogP contribution in [0, 0.1) is 0 Å². The minimum absolute atomic E-state index is 0.0531. The number of phenolic OH excluding ortho intramolecular Hbond substituents is 1. The third-order valence-electron chi connectivity index (χ3n) is 3.05. The van der Waals surface area contributed by atoms with Gasteiger partial charge in [0, 0.05) is 12.0 Å². The molecule has 0 aromatic heterocycles. The second-order valence-corrected chi connectivity index (χ2v) is 4.60. The summed E-state index contributed by atoms with van der Waals surface area (Å²) in [6.45, 7) is 0. The summed E-state index contributed by atoms with van der Waals surface area (Å²) in [5.74, 6) is -0.279. The lowest BCUT2D eigenvalue weighted by atomic mass is 9.97. The van der Waals surface area contributed by atoms with Crippen molar-refractivity contribution < 1.29 is 19.8 Å². The molecule has 0 radical (unpaired) electrons. The molecule has 5 heteroatoms. The second-order valence-electron chi connectivity index (χ2n) is 4.60. The van der Waals surface area contributed by atoms with E-state index in [0.717, 1.165) is 5.56 Å². The molecule has 0 saturated carbocycles. The van der Waals surface area contributed by atoms with Crippen molar-refractivity contribution in [2.24, 2.45) is 0 Å². The van der Waals surface area contributed by atoms with Gasteiger partial charge in [-0.25, -0.2) is 4.79 Å². The summed E-state index contributed by atoms with van der Waals surface area (Å²) >= 11 is 0. The fraction of sp³-hybridized carbons (Fsp3) is 0.125. The predicted molar refractivity (Wildman–Crippen MR) is 77.5 cm³/mol. The van der Waals surface area contributed by atoms with E-state index in [-0.39, 0.29) is 18.0 Å². The maximum Gasteiger partial charge on any atom is 0.405 e. The first-order valence-electron chi connectivity index (χ1n) is 6.43. The fourth-order valence-corrected chi connectivity index (χ4v) is 2.04. The van der Waals surface area contributed by atoms with Crippen LogP contribution < -0.4 is 5.32 Å². The Morgan fingerprint density at radius 3 is 2.19 bits per heavy atom. The molecule has 0 bridgehead atoms. The number of phenols is 1. The van der Waals surface area contributed by atoms with Crippen molar-refractivity contribution in [3.63, 3.8) is 0 Å². The van der Waals surface area contributed by atoms with E-state index in [1.165, 1.54) is 24.3 Å². The number of carbonyl (C=O) groups excluding carboxylic acids is 1. The topological polar surface area (TPSA) is 86.6 Å². The molecule has 0 aliphatic heterocycles. The van der Waals surface area contributed by atoms with Crippen molar-refractivity contribution in [1.29, 1.82) is 0 Å². The van der Waals surface area contributed by atoms with Gasteiger partial charge in [-0.2, -0.15) is 0 Å². The van der Waals surface area contributed by atoms with E-state index in [0.29, 0.717) is 5.56 Å². The standard InChI is InChI=1S/C16H15NO4/c18-13-8-6-12(7-9-13)15(19)14(17-16(20)21)10-11-4-2-1-3-5-11/h1-9,14,17-18H,10H2,(H,20,21). The van der Waals surface area contributed by atoms with E-state index in [4.69, 9.17) is 5.11 Å². The molecule has 21 heavy (non-hydrogen) atoms. The number of nitrogens with one attached hydrogen (secondary N) is 1. The average Bonchev–Trinajstić information content (AvgIpc) is 2.47. The number of aromatic hydroxyl groups is 1. The normalized spacial score (nSPS) is 11.6. The first-order chi connectivity index (χ1) is 10.1. The molecule has 2 aromatic carbocycles. The molecule has 1 unspecified atom stereocenters. The Morgan fingerprint density at radius 2 is 1.62 bits per heavy atom. The summed E-state index contributed by atoms with van der Waals surface area (Å²) in [6.07, 6.45) is -0.976. The number of benzene rings is 2. The Morgan fingerprint density at radius 1 is 1.00 bits per heavy atom. The highest BCUT2D eigenvalue weighted by atomic mass is 16.4. The SMILES string of the molecule is O=C(O)NC(Cc1ccccc1)C(=O)c1ccc(O)cc1. The lowest BCUT2D eigenvalue weighted by molar-refractivity contribution is 0.0936. The second kappa shape index (κ2) is 6.56. The van der Waals surface area contributed by atoms with Gasteiger partial charge in [0.1, 0.15) is 5.75 Å². The number of amides is 1. The summed E-state index contributed by atoms with van der Waals surface area (Å²) in [5.41, 5.74) is 1.21. The van der Waals surface area contributed by atoms with E-state index in [9.17, 15) is 14.7 Å². The van der Waals surface area contributed by atoms with Gasteiger partial charge >= 0.3 is 6.09 Å². The van der Waals surface area contributed by atoms with Gasteiger partial charge in [0.05, 0.1) is 6.04 Å². The van der Waals surface area contributed by atoms with Gasteiger partial charge in [-0.05, 0) is 29.8 Å². The van der Waals surface area contributed by atoms with Crippen molar-refractivity contribution in [2.75, 3.05) is 0 Å². The molecule has 1 atom stereocenters. The van der Waals surface area contributed by atoms with Crippen LogP contribution in [0.25, 0.3) is 0 Å². The van der Waals surface area contributed by atoms with Crippen LogP contribution in [-0.4, -0.2) is 28.1 Å². The third-order valence-corrected chi connectivity index (χ3v) is 3.05. The van der Waals surface area contributed by atoms with Gasteiger partial charge in [-0.1, -0.05) is 30.3 Å². The van der Waals surface area contributed by atoms with Crippen LogP contribution >= 0.6 is 0 Å². The van der Waals surface area contributed by atoms with Crippen LogP contribution in [0.15, 0.2) is 54.6 Å². The van der Waals surface area contributed by atoms with Crippen LogP contribution in [-0.2, 0) is 6.42 Å². The third kappa shape index (κ3) is 4.07. The molecule has 108 valence electrons. The molecule has 2 aromatic rings. The molecular formula is C16H15NO4. The summed E-state index contributed by atoms with van der Waals surface area (Å²) in [5, 5.41) is 20.4. The largest absolute Gasteiger partial charge is 0.508 e. The van der Waals surface area contributed by atoms with E-state index in [2.05, 4.69) is 5.32 Å². The first kappa shape index (κ1) is 14.6. The van der Waals surface area contributed by atoms with E-state index in [1.807, 2.05) is 30.3 Å². The molecule has 0 saturated heterocycles. The number of Topliss-reactive ketones (excluding diaryl/α,β-unsaturated/α-hetero) is 1. The fourth-order valence-electron chi connectivity index (χ4n) is 2.04. The Labute approximate surface area is 121 Å². The molecule has 2 rings (SSSR count). The molecule has 5 nitrogen and oxygen atoms in total. The zero-order valence-electron chi connectivity index (χ0n) is 11.2. The zero-order chi connectivity index (χ0) is 15.2. The minimum Gasteiger partial charge on any atom is -0.508 e.